The number of ether oxygens (including phenoxy) is 3. The van der Waals surface area contributed by atoms with Gasteiger partial charge in [-0.2, -0.15) is 0 Å². The van der Waals surface area contributed by atoms with Gasteiger partial charge in [-0.15, -0.1) is 0 Å². The van der Waals surface area contributed by atoms with E-state index in [0.717, 1.165) is 122 Å². The Labute approximate surface area is 509 Å². The lowest BCUT2D eigenvalue weighted by molar-refractivity contribution is -0.167. The molecule has 0 aromatic rings. The molecule has 0 saturated carbocycles. The molecule has 0 saturated heterocycles. The predicted molar refractivity (Wildman–Crippen MR) is 358 cm³/mol. The number of carbonyl (C=O) groups is 3. The maximum absolute atomic E-state index is 13.0. The second kappa shape index (κ2) is 70.1. The Bertz CT molecular complexity index is 1550. The minimum absolute atomic E-state index is 0.0778. The van der Waals surface area contributed by atoms with E-state index < -0.39 is 6.10 Å². The number of hydrogen-bond acceptors (Lipinski definition) is 6. The van der Waals surface area contributed by atoms with Gasteiger partial charge in [0.2, 0.25) is 0 Å². The summed E-state index contributed by atoms with van der Waals surface area (Å²) in [5.74, 6) is -0.876. The van der Waals surface area contributed by atoms with Gasteiger partial charge in [0.05, 0.1) is 0 Å². The first-order valence-electron chi connectivity index (χ1n) is 35.6. The van der Waals surface area contributed by atoms with E-state index in [4.69, 9.17) is 14.2 Å². The van der Waals surface area contributed by atoms with E-state index in [2.05, 4.69) is 106 Å². The molecular weight excluding hydrogens is 1010 g/mol. The Kier molecular flexibility index (Phi) is 67.2. The highest BCUT2D eigenvalue weighted by atomic mass is 16.6. The zero-order valence-electron chi connectivity index (χ0n) is 54.5. The molecule has 0 bridgehead atoms. The first-order valence-corrected chi connectivity index (χ1v) is 35.6. The van der Waals surface area contributed by atoms with Crippen LogP contribution < -0.4 is 0 Å². The Morgan fingerprint density at radius 2 is 0.476 bits per heavy atom. The van der Waals surface area contributed by atoms with Gasteiger partial charge in [0, 0.05) is 19.3 Å². The normalized spacial score (nSPS) is 12.6. The van der Waals surface area contributed by atoms with Crippen LogP contribution in [0.2, 0.25) is 0 Å². The Morgan fingerprint density at radius 3 is 0.744 bits per heavy atom. The number of rotatable bonds is 65. The fourth-order valence-electron chi connectivity index (χ4n) is 10.4. The molecule has 0 radical (unpaired) electrons. The monoisotopic (exact) mass is 1140 g/mol. The smallest absolute Gasteiger partial charge is 0.306 e. The van der Waals surface area contributed by atoms with Crippen LogP contribution in [0, 0.1) is 0 Å². The second-order valence-electron chi connectivity index (χ2n) is 23.8. The third-order valence-corrected chi connectivity index (χ3v) is 15.7. The van der Waals surface area contributed by atoms with E-state index in [0.29, 0.717) is 19.3 Å². The lowest BCUT2D eigenvalue weighted by Gasteiger charge is -2.18. The molecule has 0 fully saturated rings. The highest BCUT2D eigenvalue weighted by molar-refractivity contribution is 5.71. The van der Waals surface area contributed by atoms with E-state index in [1.54, 1.807) is 0 Å². The standard InChI is InChI=1S/C76H134O6/c1-4-7-10-13-16-19-22-25-27-29-31-33-35-37-38-39-41-42-44-46-48-51-54-57-60-63-66-69-75(78)81-72-73(71-80-74(77)68-65-62-59-56-53-50-24-21-18-15-12-9-6-3)82-76(79)70-67-64-61-58-55-52-49-47-45-43-40-36-34-32-30-28-26-23-20-17-14-11-8-5-2/h7,10,16,19,25,27,31,33,37-38,41-42,46,48,73H,4-6,8-9,11-15,17-18,20-24,26,28-30,32,34-36,39-40,43-45,47,49-72H2,1-3H3/b10-7-,19-16-,27-25-,33-31-,38-37-,42-41-,48-46-. The highest BCUT2D eigenvalue weighted by Crippen LogP contribution is 2.18. The van der Waals surface area contributed by atoms with Crippen molar-refractivity contribution in [1.29, 1.82) is 0 Å². The number of esters is 3. The van der Waals surface area contributed by atoms with E-state index >= 15 is 0 Å². The molecule has 0 amide bonds. The molecule has 0 aliphatic heterocycles. The number of unbranched alkanes of at least 4 members (excludes halogenated alkanes) is 40. The summed E-state index contributed by atoms with van der Waals surface area (Å²) in [4.78, 5) is 38.4. The molecule has 0 aliphatic rings. The zero-order valence-corrected chi connectivity index (χ0v) is 54.5. The van der Waals surface area contributed by atoms with Gasteiger partial charge in [-0.3, -0.25) is 14.4 Å². The van der Waals surface area contributed by atoms with Gasteiger partial charge >= 0.3 is 17.9 Å². The summed E-state index contributed by atoms with van der Waals surface area (Å²) in [5, 5.41) is 0. The van der Waals surface area contributed by atoms with Crippen LogP contribution in [-0.2, 0) is 28.6 Å². The van der Waals surface area contributed by atoms with Gasteiger partial charge in [-0.05, 0) is 77.0 Å². The Balaban J connectivity index is 4.31. The lowest BCUT2D eigenvalue weighted by Crippen LogP contribution is -2.30. The third-order valence-electron chi connectivity index (χ3n) is 15.7. The van der Waals surface area contributed by atoms with Gasteiger partial charge in [0.25, 0.3) is 0 Å². The third kappa shape index (κ3) is 67.4. The van der Waals surface area contributed by atoms with E-state index in [-0.39, 0.29) is 31.1 Å². The molecule has 0 spiro atoms. The second-order valence-corrected chi connectivity index (χ2v) is 23.8. The summed E-state index contributed by atoms with van der Waals surface area (Å²) in [5.41, 5.74) is 0. The van der Waals surface area contributed by atoms with Gasteiger partial charge in [0.1, 0.15) is 13.2 Å². The number of carbonyl (C=O) groups excluding carboxylic acids is 3. The largest absolute Gasteiger partial charge is 0.462 e. The van der Waals surface area contributed by atoms with Gasteiger partial charge in [0.15, 0.2) is 6.10 Å². The Hall–Kier alpha value is -3.41. The molecule has 6 nitrogen and oxygen atoms in total. The van der Waals surface area contributed by atoms with Crippen molar-refractivity contribution >= 4 is 17.9 Å². The minimum Gasteiger partial charge on any atom is -0.462 e. The first-order chi connectivity index (χ1) is 40.5. The van der Waals surface area contributed by atoms with Crippen LogP contribution in [0.5, 0.6) is 0 Å². The molecular formula is C76H134O6. The summed E-state index contributed by atoms with van der Waals surface area (Å²) < 4.78 is 17.0. The van der Waals surface area contributed by atoms with E-state index in [1.807, 2.05) is 0 Å². The van der Waals surface area contributed by atoms with Crippen LogP contribution >= 0.6 is 0 Å². The number of allylic oxidation sites excluding steroid dienone is 14. The minimum atomic E-state index is -0.783. The van der Waals surface area contributed by atoms with Crippen LogP contribution in [0.4, 0.5) is 0 Å². The van der Waals surface area contributed by atoms with Crippen molar-refractivity contribution in [3.63, 3.8) is 0 Å². The molecule has 82 heavy (non-hydrogen) atoms. The van der Waals surface area contributed by atoms with Gasteiger partial charge in [-0.25, -0.2) is 0 Å². The molecule has 1 atom stereocenters. The van der Waals surface area contributed by atoms with Crippen LogP contribution in [0.3, 0.4) is 0 Å². The maximum Gasteiger partial charge on any atom is 0.306 e. The van der Waals surface area contributed by atoms with E-state index in [1.165, 1.54) is 199 Å². The number of hydrogen-bond donors (Lipinski definition) is 0. The van der Waals surface area contributed by atoms with Gasteiger partial charge in [-0.1, -0.05) is 350 Å². The maximum atomic E-state index is 13.0. The lowest BCUT2D eigenvalue weighted by atomic mass is 10.0. The summed E-state index contributed by atoms with van der Waals surface area (Å²) >= 11 is 0. The summed E-state index contributed by atoms with van der Waals surface area (Å²) in [6.07, 6.45) is 93.2. The van der Waals surface area contributed by atoms with Crippen molar-refractivity contribution in [3.8, 4) is 0 Å². The Morgan fingerprint density at radius 1 is 0.256 bits per heavy atom. The van der Waals surface area contributed by atoms with Crippen LogP contribution in [-0.4, -0.2) is 37.2 Å². The van der Waals surface area contributed by atoms with Crippen LogP contribution in [0.1, 0.15) is 361 Å². The molecule has 0 heterocycles. The summed E-state index contributed by atoms with van der Waals surface area (Å²) in [6.45, 7) is 6.57. The molecule has 1 unspecified atom stereocenters. The predicted octanol–water partition coefficient (Wildman–Crippen LogP) is 24.6. The van der Waals surface area contributed by atoms with Crippen molar-refractivity contribution in [3.05, 3.63) is 85.1 Å². The van der Waals surface area contributed by atoms with Crippen LogP contribution in [0.25, 0.3) is 0 Å². The summed E-state index contributed by atoms with van der Waals surface area (Å²) in [6, 6.07) is 0. The van der Waals surface area contributed by atoms with Crippen molar-refractivity contribution in [2.24, 2.45) is 0 Å². The first kappa shape index (κ1) is 78.6. The van der Waals surface area contributed by atoms with Crippen LogP contribution in [0.15, 0.2) is 85.1 Å². The van der Waals surface area contributed by atoms with Gasteiger partial charge < -0.3 is 14.2 Å². The quantitative estimate of drug-likeness (QED) is 0.0261. The van der Waals surface area contributed by atoms with Crippen molar-refractivity contribution in [1.82, 2.24) is 0 Å². The summed E-state index contributed by atoms with van der Waals surface area (Å²) in [7, 11) is 0. The fraction of sp³-hybridized carbons (Fsp3) is 0.776. The van der Waals surface area contributed by atoms with Crippen molar-refractivity contribution < 1.29 is 28.6 Å². The molecule has 0 rings (SSSR count). The average Bonchev–Trinajstić information content (AvgIpc) is 3.47. The molecule has 6 heteroatoms. The molecule has 0 aromatic carbocycles. The SMILES string of the molecule is CC/C=C\C/C=C\C/C=C\C/C=C\C/C=C\C/C=C\C/C=C\CCCCCCCC(=O)OCC(COC(=O)CCCCCCCCCCCCCCC)OC(=O)CCCCCCCCCCCCCCCCCCCCCCCCCC. The molecule has 474 valence electrons. The topological polar surface area (TPSA) is 78.9 Å². The molecule has 0 aromatic heterocycles. The highest BCUT2D eigenvalue weighted by Gasteiger charge is 2.19. The molecule has 0 N–H and O–H groups in total. The molecule has 0 aliphatic carbocycles. The van der Waals surface area contributed by atoms with Crippen molar-refractivity contribution in [2.45, 2.75) is 367 Å². The average molecular weight is 1140 g/mol. The van der Waals surface area contributed by atoms with E-state index in [9.17, 15) is 14.4 Å². The fourth-order valence-corrected chi connectivity index (χ4v) is 10.4. The van der Waals surface area contributed by atoms with Crippen molar-refractivity contribution in [2.75, 3.05) is 13.2 Å². The zero-order chi connectivity index (χ0) is 59.2.